The van der Waals surface area contributed by atoms with Crippen LogP contribution in [0.15, 0.2) is 53.9 Å². The second-order valence-corrected chi connectivity index (χ2v) is 7.22. The first-order valence-electron chi connectivity index (χ1n) is 9.51. The van der Waals surface area contributed by atoms with Crippen molar-refractivity contribution in [1.29, 1.82) is 0 Å². The van der Waals surface area contributed by atoms with Gasteiger partial charge in [0.15, 0.2) is 0 Å². The number of hydrogen-bond acceptors (Lipinski definition) is 9. The number of carbonyl (C=O) groups is 2. The van der Waals surface area contributed by atoms with Gasteiger partial charge in [0, 0.05) is 6.20 Å². The van der Waals surface area contributed by atoms with E-state index < -0.39 is 12.0 Å². The second-order valence-electron chi connectivity index (χ2n) is 6.28. The highest BCUT2D eigenvalue weighted by Crippen LogP contribution is 2.22. The van der Waals surface area contributed by atoms with Crippen molar-refractivity contribution in [2.24, 2.45) is 0 Å². The summed E-state index contributed by atoms with van der Waals surface area (Å²) in [7, 11) is 1.57. The van der Waals surface area contributed by atoms with Crippen molar-refractivity contribution >= 4 is 23.6 Å². The standard InChI is InChI=1S/C20H22N6O4S/c1-3-30-19(28)11-17(14-6-8-16(29-2)9-7-14)22-18(27)13-31-20-23-24-25-26(20)15-5-4-10-21-12-15/h4-10,12,17H,3,11,13H2,1-2H3,(H,22,27)/t17-/m0/s1. The van der Waals surface area contributed by atoms with Crippen molar-refractivity contribution in [2.45, 2.75) is 24.5 Å². The summed E-state index contributed by atoms with van der Waals surface area (Å²) in [5.74, 6) is 0.0891. The molecule has 0 aliphatic heterocycles. The maximum atomic E-state index is 12.6. The first-order valence-corrected chi connectivity index (χ1v) is 10.5. The van der Waals surface area contributed by atoms with Gasteiger partial charge in [0.05, 0.1) is 43.8 Å². The van der Waals surface area contributed by atoms with Crippen LogP contribution in [0.25, 0.3) is 5.69 Å². The van der Waals surface area contributed by atoms with Crippen molar-refractivity contribution in [3.05, 3.63) is 54.4 Å². The molecule has 0 saturated carbocycles. The summed E-state index contributed by atoms with van der Waals surface area (Å²) >= 11 is 1.18. The number of aromatic nitrogens is 5. The molecular weight excluding hydrogens is 420 g/mol. The minimum Gasteiger partial charge on any atom is -0.497 e. The summed E-state index contributed by atoms with van der Waals surface area (Å²) in [6.45, 7) is 2.01. The van der Waals surface area contributed by atoms with Gasteiger partial charge in [0.25, 0.3) is 0 Å². The molecule has 3 rings (SSSR count). The Bertz CT molecular complexity index is 996. The molecule has 2 aromatic heterocycles. The maximum absolute atomic E-state index is 12.6. The van der Waals surface area contributed by atoms with Crippen LogP contribution in [0.2, 0.25) is 0 Å². The summed E-state index contributed by atoms with van der Waals surface area (Å²) in [4.78, 5) is 28.7. The third-order valence-corrected chi connectivity index (χ3v) is 5.11. The Morgan fingerprint density at radius 1 is 1.23 bits per heavy atom. The molecule has 0 fully saturated rings. The van der Waals surface area contributed by atoms with E-state index in [-0.39, 0.29) is 24.7 Å². The molecule has 1 amide bonds. The lowest BCUT2D eigenvalue weighted by Gasteiger charge is -2.19. The highest BCUT2D eigenvalue weighted by molar-refractivity contribution is 7.99. The number of amides is 1. The lowest BCUT2D eigenvalue weighted by molar-refractivity contribution is -0.143. The van der Waals surface area contributed by atoms with Gasteiger partial charge in [0.1, 0.15) is 5.75 Å². The zero-order chi connectivity index (χ0) is 22.1. The van der Waals surface area contributed by atoms with E-state index in [2.05, 4.69) is 25.8 Å². The molecule has 1 N–H and O–H groups in total. The molecular formula is C20H22N6O4S. The Kier molecular flexibility index (Phi) is 7.93. The highest BCUT2D eigenvalue weighted by atomic mass is 32.2. The molecule has 3 aromatic rings. The number of methoxy groups -OCH3 is 1. The fraction of sp³-hybridized carbons (Fsp3) is 0.300. The number of tetrazole rings is 1. The number of ether oxygens (including phenoxy) is 2. The molecule has 0 radical (unpaired) electrons. The molecule has 31 heavy (non-hydrogen) atoms. The predicted molar refractivity (Wildman–Crippen MR) is 113 cm³/mol. The average Bonchev–Trinajstić information content (AvgIpc) is 3.27. The van der Waals surface area contributed by atoms with E-state index in [1.807, 2.05) is 6.07 Å². The number of pyridine rings is 1. The Balaban J connectivity index is 1.66. The van der Waals surface area contributed by atoms with Crippen molar-refractivity contribution in [2.75, 3.05) is 19.5 Å². The number of nitrogens with one attached hydrogen (secondary N) is 1. The summed E-state index contributed by atoms with van der Waals surface area (Å²) in [5.41, 5.74) is 1.46. The number of esters is 1. The van der Waals surface area contributed by atoms with Crippen LogP contribution in [0, 0.1) is 0 Å². The summed E-state index contributed by atoms with van der Waals surface area (Å²) in [5, 5.41) is 14.9. The van der Waals surface area contributed by atoms with E-state index in [0.29, 0.717) is 16.6 Å². The van der Waals surface area contributed by atoms with E-state index in [1.54, 1.807) is 56.8 Å². The topological polar surface area (TPSA) is 121 Å². The van der Waals surface area contributed by atoms with Crippen LogP contribution in [-0.2, 0) is 14.3 Å². The van der Waals surface area contributed by atoms with Crippen LogP contribution in [0.4, 0.5) is 0 Å². The lowest BCUT2D eigenvalue weighted by atomic mass is 10.0. The molecule has 2 heterocycles. The number of hydrogen-bond donors (Lipinski definition) is 1. The number of carbonyl (C=O) groups excluding carboxylic acids is 2. The van der Waals surface area contributed by atoms with Gasteiger partial charge in [-0.25, -0.2) is 0 Å². The van der Waals surface area contributed by atoms with Crippen LogP contribution in [0.3, 0.4) is 0 Å². The Hall–Kier alpha value is -3.47. The molecule has 0 bridgehead atoms. The molecule has 0 saturated heterocycles. The fourth-order valence-corrected chi connectivity index (χ4v) is 3.45. The van der Waals surface area contributed by atoms with Gasteiger partial charge >= 0.3 is 5.97 Å². The van der Waals surface area contributed by atoms with Gasteiger partial charge < -0.3 is 14.8 Å². The molecule has 11 heteroatoms. The SMILES string of the molecule is CCOC(=O)C[C@H](NC(=O)CSc1nnnn1-c1cccnc1)c1ccc(OC)cc1. The summed E-state index contributed by atoms with van der Waals surface area (Å²) in [6.07, 6.45) is 3.29. The largest absolute Gasteiger partial charge is 0.497 e. The van der Waals surface area contributed by atoms with Crippen molar-refractivity contribution in [3.63, 3.8) is 0 Å². The average molecular weight is 443 g/mol. The van der Waals surface area contributed by atoms with Gasteiger partial charge in [-0.05, 0) is 47.2 Å². The van der Waals surface area contributed by atoms with Crippen molar-refractivity contribution < 1.29 is 19.1 Å². The normalized spacial score (nSPS) is 11.5. The third-order valence-electron chi connectivity index (χ3n) is 4.19. The molecule has 162 valence electrons. The molecule has 1 aromatic carbocycles. The van der Waals surface area contributed by atoms with Gasteiger partial charge in [-0.3, -0.25) is 14.6 Å². The van der Waals surface area contributed by atoms with Gasteiger partial charge in [0.2, 0.25) is 11.1 Å². The number of thioether (sulfide) groups is 1. The zero-order valence-electron chi connectivity index (χ0n) is 17.1. The van der Waals surface area contributed by atoms with E-state index in [9.17, 15) is 9.59 Å². The second kappa shape index (κ2) is 11.1. The van der Waals surface area contributed by atoms with Crippen molar-refractivity contribution in [1.82, 2.24) is 30.5 Å². The number of nitrogens with zero attached hydrogens (tertiary/aromatic N) is 5. The van der Waals surface area contributed by atoms with Crippen LogP contribution >= 0.6 is 11.8 Å². The van der Waals surface area contributed by atoms with Crippen molar-refractivity contribution in [3.8, 4) is 11.4 Å². The summed E-state index contributed by atoms with van der Waals surface area (Å²) in [6, 6.07) is 10.2. The molecule has 0 aliphatic rings. The van der Waals surface area contributed by atoms with E-state index in [0.717, 1.165) is 5.56 Å². The van der Waals surface area contributed by atoms with Gasteiger partial charge in [-0.1, -0.05) is 23.9 Å². The Morgan fingerprint density at radius 2 is 2.03 bits per heavy atom. The maximum Gasteiger partial charge on any atom is 0.308 e. The van der Waals surface area contributed by atoms with Crippen LogP contribution in [-0.4, -0.2) is 56.5 Å². The Labute approximate surface area is 183 Å². The zero-order valence-corrected chi connectivity index (χ0v) is 17.9. The first-order chi connectivity index (χ1) is 15.1. The fourth-order valence-electron chi connectivity index (χ4n) is 2.75. The van der Waals surface area contributed by atoms with Crippen LogP contribution in [0.1, 0.15) is 24.9 Å². The van der Waals surface area contributed by atoms with Gasteiger partial charge in [-0.2, -0.15) is 4.68 Å². The predicted octanol–water partition coefficient (Wildman–Crippen LogP) is 1.97. The van der Waals surface area contributed by atoms with Crippen LogP contribution < -0.4 is 10.1 Å². The quantitative estimate of drug-likeness (QED) is 0.371. The van der Waals surface area contributed by atoms with E-state index >= 15 is 0 Å². The lowest BCUT2D eigenvalue weighted by Crippen LogP contribution is -2.32. The highest BCUT2D eigenvalue weighted by Gasteiger charge is 2.20. The minimum atomic E-state index is -0.535. The monoisotopic (exact) mass is 442 g/mol. The Morgan fingerprint density at radius 3 is 2.71 bits per heavy atom. The molecule has 10 nitrogen and oxygen atoms in total. The first kappa shape index (κ1) is 22.2. The molecule has 0 aliphatic carbocycles. The smallest absolute Gasteiger partial charge is 0.308 e. The molecule has 0 unspecified atom stereocenters. The van der Waals surface area contributed by atoms with Gasteiger partial charge in [-0.15, -0.1) is 5.10 Å². The minimum absolute atomic E-state index is 0.0179. The third kappa shape index (κ3) is 6.25. The number of benzene rings is 1. The molecule has 0 spiro atoms. The summed E-state index contributed by atoms with van der Waals surface area (Å²) < 4.78 is 11.7. The molecule has 1 atom stereocenters. The van der Waals surface area contributed by atoms with E-state index in [1.165, 1.54) is 16.4 Å². The number of rotatable bonds is 10. The van der Waals surface area contributed by atoms with E-state index in [4.69, 9.17) is 9.47 Å². The van der Waals surface area contributed by atoms with Crippen LogP contribution in [0.5, 0.6) is 5.75 Å².